The molecule has 22 heavy (non-hydrogen) atoms. The van der Waals surface area contributed by atoms with Gasteiger partial charge >= 0.3 is 5.97 Å². The van der Waals surface area contributed by atoms with E-state index >= 15 is 0 Å². The summed E-state index contributed by atoms with van der Waals surface area (Å²) in [6.45, 7) is 0.393. The summed E-state index contributed by atoms with van der Waals surface area (Å²) in [4.78, 5) is 12.8. The Balaban J connectivity index is 1.95. The molecule has 4 nitrogen and oxygen atoms in total. The summed E-state index contributed by atoms with van der Waals surface area (Å²) in [5.41, 5.74) is 0.996. The van der Waals surface area contributed by atoms with E-state index in [1.165, 1.54) is 12.1 Å². The van der Waals surface area contributed by atoms with Crippen LogP contribution < -0.4 is 5.32 Å². The number of allylic oxidation sites excluding steroid dienone is 1. The first kappa shape index (κ1) is 15.6. The van der Waals surface area contributed by atoms with Crippen molar-refractivity contribution in [1.29, 1.82) is 0 Å². The van der Waals surface area contributed by atoms with Crippen LogP contribution in [0, 0.1) is 11.6 Å². The zero-order chi connectivity index (χ0) is 16.0. The molecule has 1 saturated heterocycles. The smallest absolute Gasteiger partial charge is 0.309 e. The zero-order valence-electron chi connectivity index (χ0n) is 11.3. The minimum atomic E-state index is -0.958. The maximum absolute atomic E-state index is 14.2. The van der Waals surface area contributed by atoms with Gasteiger partial charge in [-0.2, -0.15) is 0 Å². The van der Waals surface area contributed by atoms with Gasteiger partial charge < -0.3 is 15.3 Å². The number of thiol groups is 1. The molecule has 3 rings (SSSR count). The van der Waals surface area contributed by atoms with Gasteiger partial charge in [0.15, 0.2) is 0 Å². The van der Waals surface area contributed by atoms with E-state index < -0.39 is 17.6 Å². The van der Waals surface area contributed by atoms with Crippen molar-refractivity contribution in [3.05, 3.63) is 45.2 Å². The van der Waals surface area contributed by atoms with E-state index in [4.69, 9.17) is 5.11 Å². The topological polar surface area (TPSA) is 52.6 Å². The first-order valence-electron chi connectivity index (χ1n) is 6.67. The Morgan fingerprint density at radius 3 is 2.91 bits per heavy atom. The summed E-state index contributed by atoms with van der Waals surface area (Å²) >= 11 is 7.43. The average Bonchev–Trinajstić information content (AvgIpc) is 2.97. The van der Waals surface area contributed by atoms with Crippen molar-refractivity contribution in [3.63, 3.8) is 0 Å². The molecule has 2 aliphatic rings. The highest BCUT2D eigenvalue weighted by Gasteiger charge is 2.40. The minimum absolute atomic E-state index is 0.0338. The number of carbonyl (C=O) groups is 1. The number of hydrogen-bond donors (Lipinski definition) is 3. The monoisotopic (exact) mass is 390 g/mol. The summed E-state index contributed by atoms with van der Waals surface area (Å²) in [7, 11) is 0. The van der Waals surface area contributed by atoms with Gasteiger partial charge in [0, 0.05) is 29.4 Å². The zero-order valence-corrected chi connectivity index (χ0v) is 13.8. The summed E-state index contributed by atoms with van der Waals surface area (Å²) in [6.07, 6.45) is 0.232. The standard InChI is InChI=1S/C14H13BrF2N2O2S/c15-7-1-2-8(16)12(13(7)17)6-3-10-9(4-11(20)21)18-14(22)19(10)5-6/h1-2,6,14,18,22H,3-5H2,(H,20,21)/t6-,14+/m0/s1. The second-order valence-electron chi connectivity index (χ2n) is 5.32. The lowest BCUT2D eigenvalue weighted by Crippen LogP contribution is -2.32. The molecule has 118 valence electrons. The fourth-order valence-electron chi connectivity index (χ4n) is 3.04. The van der Waals surface area contributed by atoms with Gasteiger partial charge in [-0.25, -0.2) is 8.78 Å². The normalized spacial score (nSPS) is 23.7. The number of benzene rings is 1. The number of nitrogens with zero attached hydrogens (tertiary/aromatic N) is 1. The molecule has 2 heterocycles. The highest BCUT2D eigenvalue weighted by molar-refractivity contribution is 9.10. The van der Waals surface area contributed by atoms with E-state index in [1.54, 1.807) is 0 Å². The number of fused-ring (bicyclic) bond motifs is 1. The molecular weight excluding hydrogens is 378 g/mol. The van der Waals surface area contributed by atoms with E-state index in [1.807, 2.05) is 4.90 Å². The molecular formula is C14H13BrF2N2O2S. The van der Waals surface area contributed by atoms with Gasteiger partial charge in [0.1, 0.15) is 17.1 Å². The van der Waals surface area contributed by atoms with Crippen molar-refractivity contribution in [1.82, 2.24) is 10.2 Å². The summed E-state index contributed by atoms with van der Waals surface area (Å²) in [5.74, 6) is -2.51. The lowest BCUT2D eigenvalue weighted by Gasteiger charge is -2.21. The molecule has 0 unspecified atom stereocenters. The Labute approximate surface area is 139 Å². The highest BCUT2D eigenvalue weighted by atomic mass is 79.9. The second kappa shape index (κ2) is 5.73. The Hall–Kier alpha value is -1.28. The van der Waals surface area contributed by atoms with Crippen LogP contribution >= 0.6 is 28.6 Å². The van der Waals surface area contributed by atoms with E-state index in [2.05, 4.69) is 33.9 Å². The van der Waals surface area contributed by atoms with Crippen LogP contribution in [0.4, 0.5) is 8.78 Å². The van der Waals surface area contributed by atoms with Crippen LogP contribution in [-0.2, 0) is 4.79 Å². The van der Waals surface area contributed by atoms with Gasteiger partial charge in [0.05, 0.1) is 10.9 Å². The molecule has 0 spiro atoms. The second-order valence-corrected chi connectivity index (χ2v) is 6.67. The molecule has 0 saturated carbocycles. The third-order valence-electron chi connectivity index (χ3n) is 3.97. The molecule has 0 bridgehead atoms. The van der Waals surface area contributed by atoms with Crippen LogP contribution in [0.3, 0.4) is 0 Å². The number of nitrogens with one attached hydrogen (secondary N) is 1. The van der Waals surface area contributed by atoms with E-state index in [9.17, 15) is 13.6 Å². The Bertz CT molecular complexity index is 683. The molecule has 1 aromatic carbocycles. The van der Waals surface area contributed by atoms with Crippen LogP contribution in [0.1, 0.15) is 24.3 Å². The van der Waals surface area contributed by atoms with Crippen LogP contribution in [0.15, 0.2) is 28.0 Å². The van der Waals surface area contributed by atoms with Crippen LogP contribution in [0.25, 0.3) is 0 Å². The molecule has 1 fully saturated rings. The first-order valence-corrected chi connectivity index (χ1v) is 7.98. The van der Waals surface area contributed by atoms with Crippen molar-refractivity contribution in [2.24, 2.45) is 0 Å². The fraction of sp³-hybridized carbons (Fsp3) is 0.357. The molecule has 2 aliphatic heterocycles. The Morgan fingerprint density at radius 2 is 2.23 bits per heavy atom. The van der Waals surface area contributed by atoms with E-state index in [0.29, 0.717) is 18.7 Å². The van der Waals surface area contributed by atoms with Gasteiger partial charge in [-0.3, -0.25) is 4.79 Å². The summed E-state index contributed by atoms with van der Waals surface area (Å²) < 4.78 is 28.5. The number of carboxylic acid groups (broad SMARTS) is 1. The predicted octanol–water partition coefficient (Wildman–Crippen LogP) is 3.02. The van der Waals surface area contributed by atoms with Crippen molar-refractivity contribution >= 4 is 34.5 Å². The van der Waals surface area contributed by atoms with E-state index in [-0.39, 0.29) is 27.9 Å². The number of hydrogen-bond acceptors (Lipinski definition) is 4. The molecule has 0 aliphatic carbocycles. The molecule has 0 radical (unpaired) electrons. The molecule has 0 amide bonds. The quantitative estimate of drug-likeness (QED) is 0.548. The van der Waals surface area contributed by atoms with Crippen molar-refractivity contribution in [3.8, 4) is 0 Å². The summed E-state index contributed by atoms with van der Waals surface area (Å²) in [6, 6.07) is 2.57. The van der Waals surface area contributed by atoms with Crippen molar-refractivity contribution in [2.45, 2.75) is 24.3 Å². The number of halogens is 3. The molecule has 1 aromatic rings. The van der Waals surface area contributed by atoms with Crippen molar-refractivity contribution in [2.75, 3.05) is 6.54 Å². The van der Waals surface area contributed by atoms with Gasteiger partial charge in [0.2, 0.25) is 0 Å². The van der Waals surface area contributed by atoms with Gasteiger partial charge in [-0.15, -0.1) is 12.6 Å². The number of rotatable bonds is 3. The first-order chi connectivity index (χ1) is 10.4. The van der Waals surface area contributed by atoms with Gasteiger partial charge in [0.25, 0.3) is 0 Å². The lowest BCUT2D eigenvalue weighted by atomic mass is 9.96. The van der Waals surface area contributed by atoms with Crippen LogP contribution in [0.5, 0.6) is 0 Å². The van der Waals surface area contributed by atoms with Crippen LogP contribution in [-0.4, -0.2) is 28.0 Å². The maximum atomic E-state index is 14.2. The van der Waals surface area contributed by atoms with Gasteiger partial charge in [-0.1, -0.05) is 0 Å². The average molecular weight is 391 g/mol. The maximum Gasteiger partial charge on any atom is 0.309 e. The van der Waals surface area contributed by atoms with Gasteiger partial charge in [-0.05, 0) is 34.5 Å². The number of aliphatic carboxylic acids is 1. The largest absolute Gasteiger partial charge is 0.481 e. The Morgan fingerprint density at radius 1 is 1.50 bits per heavy atom. The van der Waals surface area contributed by atoms with E-state index in [0.717, 1.165) is 5.70 Å². The molecule has 8 heteroatoms. The number of carboxylic acids is 1. The summed E-state index contributed by atoms with van der Waals surface area (Å²) in [5, 5.41) is 11.9. The highest BCUT2D eigenvalue weighted by Crippen LogP contribution is 2.43. The minimum Gasteiger partial charge on any atom is -0.481 e. The third-order valence-corrected chi connectivity index (χ3v) is 4.99. The fourth-order valence-corrected chi connectivity index (χ4v) is 3.77. The van der Waals surface area contributed by atoms with Crippen LogP contribution in [0.2, 0.25) is 0 Å². The van der Waals surface area contributed by atoms with Crippen molar-refractivity contribution < 1.29 is 18.7 Å². The SMILES string of the molecule is O=C(O)CC1=C2C[C@H](c3c(F)ccc(Br)c3F)CN2[C@H](S)N1. The molecule has 0 aromatic heterocycles. The third kappa shape index (κ3) is 2.58. The Kier molecular flexibility index (Phi) is 4.07. The molecule has 2 atom stereocenters. The lowest BCUT2D eigenvalue weighted by molar-refractivity contribution is -0.136. The predicted molar refractivity (Wildman–Crippen MR) is 83.3 cm³/mol. The molecule has 2 N–H and O–H groups in total.